The van der Waals surface area contributed by atoms with Crippen LogP contribution in [0.15, 0.2) is 35.3 Å². The summed E-state index contributed by atoms with van der Waals surface area (Å²) < 4.78 is 2.77. The van der Waals surface area contributed by atoms with Crippen LogP contribution in [0.3, 0.4) is 0 Å². The van der Waals surface area contributed by atoms with Crippen molar-refractivity contribution in [2.45, 2.75) is 20.4 Å². The van der Waals surface area contributed by atoms with Gasteiger partial charge in [-0.25, -0.2) is 9.67 Å². The summed E-state index contributed by atoms with van der Waals surface area (Å²) in [6, 6.07) is 6.27. The molecule has 2 aromatic rings. The van der Waals surface area contributed by atoms with Gasteiger partial charge in [-0.1, -0.05) is 19.9 Å². The van der Waals surface area contributed by atoms with Crippen molar-refractivity contribution in [1.29, 1.82) is 0 Å². The molecule has 1 aromatic heterocycles. The lowest BCUT2D eigenvalue weighted by molar-refractivity contribution is 0.552. The minimum atomic E-state index is 0.669. The average molecular weight is 309 g/mol. The third kappa shape index (κ3) is 3.40. The molecule has 96 valence electrons. The SMILES string of the molecule is CC(C)CNCc1ccc(-n2cncn2)c(Br)c1. The Balaban J connectivity index is 2.06. The molecule has 0 spiro atoms. The maximum Gasteiger partial charge on any atom is 0.138 e. The van der Waals surface area contributed by atoms with Crippen LogP contribution in [-0.2, 0) is 6.54 Å². The van der Waals surface area contributed by atoms with Crippen LogP contribution in [0, 0.1) is 5.92 Å². The first-order valence-electron chi connectivity index (χ1n) is 6.01. The van der Waals surface area contributed by atoms with Crippen molar-refractivity contribution in [2.24, 2.45) is 5.92 Å². The molecule has 0 saturated carbocycles. The Bertz CT molecular complexity index is 494. The molecule has 18 heavy (non-hydrogen) atoms. The quantitative estimate of drug-likeness (QED) is 0.923. The molecule has 0 saturated heterocycles. The summed E-state index contributed by atoms with van der Waals surface area (Å²) in [6.07, 6.45) is 3.22. The van der Waals surface area contributed by atoms with Crippen LogP contribution in [0.5, 0.6) is 0 Å². The van der Waals surface area contributed by atoms with Gasteiger partial charge in [0.05, 0.1) is 5.69 Å². The number of nitrogens with zero attached hydrogens (tertiary/aromatic N) is 3. The zero-order chi connectivity index (χ0) is 13.0. The van der Waals surface area contributed by atoms with E-state index in [2.05, 4.69) is 57.3 Å². The standard InChI is InChI=1S/C13H17BrN4/c1-10(2)6-15-7-11-3-4-13(12(14)5-11)18-9-16-8-17-18/h3-5,8-10,15H,6-7H2,1-2H3. The summed E-state index contributed by atoms with van der Waals surface area (Å²) in [7, 11) is 0. The molecule has 1 heterocycles. The second-order valence-corrected chi connectivity index (χ2v) is 5.50. The molecular formula is C13H17BrN4. The van der Waals surface area contributed by atoms with E-state index < -0.39 is 0 Å². The fourth-order valence-corrected chi connectivity index (χ4v) is 2.29. The highest BCUT2D eigenvalue weighted by molar-refractivity contribution is 9.10. The minimum Gasteiger partial charge on any atom is -0.312 e. The molecule has 1 aromatic carbocycles. The zero-order valence-electron chi connectivity index (χ0n) is 10.6. The fraction of sp³-hybridized carbons (Fsp3) is 0.385. The lowest BCUT2D eigenvalue weighted by Crippen LogP contribution is -2.18. The van der Waals surface area contributed by atoms with Crippen LogP contribution in [0.1, 0.15) is 19.4 Å². The van der Waals surface area contributed by atoms with E-state index >= 15 is 0 Å². The van der Waals surface area contributed by atoms with E-state index in [4.69, 9.17) is 0 Å². The Morgan fingerprint density at radius 2 is 2.22 bits per heavy atom. The zero-order valence-corrected chi connectivity index (χ0v) is 12.2. The lowest BCUT2D eigenvalue weighted by Gasteiger charge is -2.09. The highest BCUT2D eigenvalue weighted by Gasteiger charge is 2.04. The summed E-state index contributed by atoms with van der Waals surface area (Å²) in [5.74, 6) is 0.669. The molecule has 0 bridgehead atoms. The van der Waals surface area contributed by atoms with Gasteiger partial charge in [0.15, 0.2) is 0 Å². The Kier molecular flexibility index (Phi) is 4.49. The van der Waals surface area contributed by atoms with Crippen molar-refractivity contribution in [3.05, 3.63) is 40.9 Å². The van der Waals surface area contributed by atoms with Crippen molar-refractivity contribution >= 4 is 15.9 Å². The largest absolute Gasteiger partial charge is 0.312 e. The number of benzene rings is 1. The van der Waals surface area contributed by atoms with E-state index in [1.54, 1.807) is 11.0 Å². The van der Waals surface area contributed by atoms with E-state index in [0.717, 1.165) is 23.2 Å². The Morgan fingerprint density at radius 1 is 1.39 bits per heavy atom. The van der Waals surface area contributed by atoms with Gasteiger partial charge < -0.3 is 5.32 Å². The van der Waals surface area contributed by atoms with E-state index in [0.29, 0.717) is 5.92 Å². The smallest absolute Gasteiger partial charge is 0.138 e. The van der Waals surface area contributed by atoms with E-state index in [-0.39, 0.29) is 0 Å². The van der Waals surface area contributed by atoms with Crippen molar-refractivity contribution in [2.75, 3.05) is 6.54 Å². The highest BCUT2D eigenvalue weighted by atomic mass is 79.9. The van der Waals surface area contributed by atoms with Gasteiger partial charge in [-0.05, 0) is 46.1 Å². The maximum absolute atomic E-state index is 4.12. The molecule has 0 fully saturated rings. The molecule has 0 aliphatic rings. The average Bonchev–Trinajstić information content (AvgIpc) is 2.82. The van der Waals surface area contributed by atoms with Gasteiger partial charge in [0, 0.05) is 11.0 Å². The van der Waals surface area contributed by atoms with Crippen molar-refractivity contribution < 1.29 is 0 Å². The highest BCUT2D eigenvalue weighted by Crippen LogP contribution is 2.21. The Morgan fingerprint density at radius 3 is 2.83 bits per heavy atom. The monoisotopic (exact) mass is 308 g/mol. The summed E-state index contributed by atoms with van der Waals surface area (Å²) >= 11 is 3.57. The number of aromatic nitrogens is 3. The first-order chi connectivity index (χ1) is 8.66. The van der Waals surface area contributed by atoms with E-state index in [9.17, 15) is 0 Å². The maximum atomic E-state index is 4.12. The summed E-state index contributed by atoms with van der Waals surface area (Å²) in [4.78, 5) is 3.95. The first kappa shape index (κ1) is 13.2. The third-order valence-electron chi connectivity index (χ3n) is 2.56. The topological polar surface area (TPSA) is 42.7 Å². The van der Waals surface area contributed by atoms with Crippen LogP contribution < -0.4 is 5.32 Å². The van der Waals surface area contributed by atoms with Gasteiger partial charge in [-0.3, -0.25) is 0 Å². The predicted octanol–water partition coefficient (Wildman–Crippen LogP) is 2.78. The Labute approximate surface area is 116 Å². The van der Waals surface area contributed by atoms with Gasteiger partial charge >= 0.3 is 0 Å². The van der Waals surface area contributed by atoms with Crippen molar-refractivity contribution in [3.63, 3.8) is 0 Å². The number of nitrogens with one attached hydrogen (secondary N) is 1. The molecule has 0 aliphatic heterocycles. The van der Waals surface area contributed by atoms with E-state index in [1.807, 2.05) is 6.07 Å². The van der Waals surface area contributed by atoms with Gasteiger partial charge in [-0.15, -0.1) is 0 Å². The minimum absolute atomic E-state index is 0.669. The molecule has 2 rings (SSSR count). The van der Waals surface area contributed by atoms with Crippen LogP contribution in [-0.4, -0.2) is 21.3 Å². The molecule has 0 amide bonds. The normalized spacial score (nSPS) is 11.1. The van der Waals surface area contributed by atoms with Crippen molar-refractivity contribution in [1.82, 2.24) is 20.1 Å². The first-order valence-corrected chi connectivity index (χ1v) is 6.80. The molecule has 1 N–H and O–H groups in total. The molecule has 5 heteroatoms. The second kappa shape index (κ2) is 6.11. The molecule has 0 atom stereocenters. The molecular weight excluding hydrogens is 292 g/mol. The fourth-order valence-electron chi connectivity index (χ4n) is 1.68. The van der Waals surface area contributed by atoms with Crippen LogP contribution in [0.2, 0.25) is 0 Å². The van der Waals surface area contributed by atoms with Gasteiger partial charge in [0.25, 0.3) is 0 Å². The summed E-state index contributed by atoms with van der Waals surface area (Å²) in [5, 5.41) is 7.55. The second-order valence-electron chi connectivity index (χ2n) is 4.65. The lowest BCUT2D eigenvalue weighted by atomic mass is 10.2. The molecule has 0 unspecified atom stereocenters. The van der Waals surface area contributed by atoms with Gasteiger partial charge in [0.2, 0.25) is 0 Å². The number of halogens is 1. The third-order valence-corrected chi connectivity index (χ3v) is 3.19. The number of rotatable bonds is 5. The number of hydrogen-bond donors (Lipinski definition) is 1. The van der Waals surface area contributed by atoms with Gasteiger partial charge in [0.1, 0.15) is 12.7 Å². The van der Waals surface area contributed by atoms with Crippen molar-refractivity contribution in [3.8, 4) is 5.69 Å². The van der Waals surface area contributed by atoms with Crippen LogP contribution >= 0.6 is 15.9 Å². The summed E-state index contributed by atoms with van der Waals surface area (Å²) in [5.41, 5.74) is 2.26. The molecule has 4 nitrogen and oxygen atoms in total. The molecule has 0 radical (unpaired) electrons. The number of hydrogen-bond acceptors (Lipinski definition) is 3. The van der Waals surface area contributed by atoms with Crippen LogP contribution in [0.4, 0.5) is 0 Å². The van der Waals surface area contributed by atoms with Gasteiger partial charge in [-0.2, -0.15) is 5.10 Å². The Hall–Kier alpha value is -1.20. The van der Waals surface area contributed by atoms with E-state index in [1.165, 1.54) is 11.9 Å². The predicted molar refractivity (Wildman–Crippen MR) is 75.6 cm³/mol. The van der Waals surface area contributed by atoms with Crippen LogP contribution in [0.25, 0.3) is 5.69 Å². The molecule has 0 aliphatic carbocycles. The summed E-state index contributed by atoms with van der Waals surface area (Å²) in [6.45, 7) is 6.32.